The van der Waals surface area contributed by atoms with E-state index in [1.165, 1.54) is 14.2 Å². The maximum atomic E-state index is 6.72. The molecule has 0 saturated heterocycles. The van der Waals surface area contributed by atoms with Crippen LogP contribution in [0.4, 0.5) is 0 Å². The van der Waals surface area contributed by atoms with Crippen LogP contribution >= 0.6 is 0 Å². The minimum Gasteiger partial charge on any atom is -0.412 e. The first-order valence-electron chi connectivity index (χ1n) is 11.1. The Labute approximate surface area is 200 Å². The molecule has 0 rings (SSSR count). The summed E-state index contributed by atoms with van der Waals surface area (Å²) >= 11 is 0. The van der Waals surface area contributed by atoms with Crippen molar-refractivity contribution in [2.45, 2.75) is 96.9 Å². The molecule has 0 aliphatic heterocycles. The van der Waals surface area contributed by atoms with E-state index in [9.17, 15) is 0 Å². The summed E-state index contributed by atoms with van der Waals surface area (Å²) in [6.07, 6.45) is 0.226. The number of nitrogens with zero attached hydrogens (tertiary/aromatic N) is 2. The van der Waals surface area contributed by atoms with E-state index < -0.39 is 51.6 Å². The van der Waals surface area contributed by atoms with Gasteiger partial charge in [-0.15, -0.1) is 0 Å². The Morgan fingerprint density at radius 3 is 1.56 bits per heavy atom. The van der Waals surface area contributed by atoms with E-state index in [1.54, 1.807) is 6.21 Å². The standard InChI is InChI=1S/C20H48N2O6Si4/c1-23-21-15-18(26-30(6,7)8)20(28-32(12,13)14)19(27-31(9,10)11)17(22-24-2)16-25-29(3,4)5/h15,18-20H,16H2,1-14H3/b21-15+,22-17-/t18-,19+,20+/m0/s1. The second-order valence-electron chi connectivity index (χ2n) is 11.6. The van der Waals surface area contributed by atoms with Crippen molar-refractivity contribution in [3.63, 3.8) is 0 Å². The molecule has 0 aromatic carbocycles. The highest BCUT2D eigenvalue weighted by atomic mass is 28.4. The van der Waals surface area contributed by atoms with Crippen molar-refractivity contribution < 1.29 is 27.4 Å². The Hall–Kier alpha value is -0.352. The third-order valence-electron chi connectivity index (χ3n) is 3.59. The Morgan fingerprint density at radius 2 is 1.19 bits per heavy atom. The minimum atomic E-state index is -2.03. The second-order valence-corrected chi connectivity index (χ2v) is 29.5. The predicted octanol–water partition coefficient (Wildman–Crippen LogP) is 5.13. The molecule has 0 fully saturated rings. The summed E-state index contributed by atoms with van der Waals surface area (Å²) in [5, 5.41) is 8.39. The average molecular weight is 525 g/mol. The zero-order valence-corrected chi connectivity index (χ0v) is 26.9. The van der Waals surface area contributed by atoms with Gasteiger partial charge in [0.05, 0.1) is 12.8 Å². The van der Waals surface area contributed by atoms with Crippen LogP contribution in [-0.2, 0) is 27.4 Å². The summed E-state index contributed by atoms with van der Waals surface area (Å²) in [6.45, 7) is 26.0. The number of hydrogen-bond donors (Lipinski definition) is 0. The van der Waals surface area contributed by atoms with Crippen LogP contribution in [0.2, 0.25) is 78.6 Å². The van der Waals surface area contributed by atoms with Gasteiger partial charge in [-0.25, -0.2) is 0 Å². The molecule has 12 heteroatoms. The van der Waals surface area contributed by atoms with E-state index in [4.69, 9.17) is 27.4 Å². The Balaban J connectivity index is 6.58. The van der Waals surface area contributed by atoms with Crippen molar-refractivity contribution in [3.05, 3.63) is 0 Å². The summed E-state index contributed by atoms with van der Waals surface area (Å²) in [5.74, 6) is 0. The molecule has 32 heavy (non-hydrogen) atoms. The van der Waals surface area contributed by atoms with Crippen LogP contribution in [-0.4, -0.2) is 84.3 Å². The van der Waals surface area contributed by atoms with Gasteiger partial charge in [-0.05, 0) is 78.6 Å². The van der Waals surface area contributed by atoms with Gasteiger partial charge in [-0.1, -0.05) is 10.3 Å². The zero-order chi connectivity index (χ0) is 25.4. The molecule has 0 bridgehead atoms. The van der Waals surface area contributed by atoms with Gasteiger partial charge in [0.1, 0.15) is 38.2 Å². The Morgan fingerprint density at radius 1 is 0.688 bits per heavy atom. The molecule has 0 aliphatic carbocycles. The first kappa shape index (κ1) is 31.6. The van der Waals surface area contributed by atoms with E-state index in [2.05, 4.69) is 88.9 Å². The predicted molar refractivity (Wildman–Crippen MR) is 144 cm³/mol. The summed E-state index contributed by atoms with van der Waals surface area (Å²) in [6, 6.07) is 0. The van der Waals surface area contributed by atoms with Crippen LogP contribution in [0, 0.1) is 0 Å². The SMILES string of the molecule is CO/N=C(/CO[Si](C)(C)C)[C@@H](O[Si](C)(C)C)[C@H](O[Si](C)(C)C)[C@H](/C=N/OC)O[Si](C)(C)C. The van der Waals surface area contributed by atoms with Gasteiger partial charge in [0.25, 0.3) is 0 Å². The largest absolute Gasteiger partial charge is 0.412 e. The van der Waals surface area contributed by atoms with Gasteiger partial charge in [0.2, 0.25) is 0 Å². The highest BCUT2D eigenvalue weighted by molar-refractivity contribution is 6.71. The lowest BCUT2D eigenvalue weighted by atomic mass is 10.0. The molecule has 0 heterocycles. The van der Waals surface area contributed by atoms with Crippen LogP contribution in [0.15, 0.2) is 10.3 Å². The third kappa shape index (κ3) is 15.5. The fourth-order valence-electron chi connectivity index (χ4n) is 2.69. The molecule has 0 amide bonds. The average Bonchev–Trinajstić information content (AvgIpc) is 2.55. The first-order chi connectivity index (χ1) is 14.3. The lowest BCUT2D eigenvalue weighted by Gasteiger charge is -2.40. The van der Waals surface area contributed by atoms with Crippen LogP contribution in [0.3, 0.4) is 0 Å². The monoisotopic (exact) mass is 524 g/mol. The molecule has 190 valence electrons. The van der Waals surface area contributed by atoms with E-state index in [0.717, 1.165) is 0 Å². The van der Waals surface area contributed by atoms with Crippen LogP contribution in [0.25, 0.3) is 0 Å². The van der Waals surface area contributed by atoms with E-state index >= 15 is 0 Å². The van der Waals surface area contributed by atoms with Gasteiger partial charge in [-0.3, -0.25) is 0 Å². The van der Waals surface area contributed by atoms with Gasteiger partial charge in [0, 0.05) is 0 Å². The Kier molecular flexibility index (Phi) is 12.8. The van der Waals surface area contributed by atoms with Crippen molar-refractivity contribution in [1.82, 2.24) is 0 Å². The highest BCUT2D eigenvalue weighted by Crippen LogP contribution is 2.25. The van der Waals surface area contributed by atoms with Crippen LogP contribution in [0.1, 0.15) is 0 Å². The van der Waals surface area contributed by atoms with Crippen molar-refractivity contribution in [1.29, 1.82) is 0 Å². The molecular formula is C20H48N2O6Si4. The Bertz CT molecular complexity index is 607. The molecule has 0 saturated carbocycles. The first-order valence-corrected chi connectivity index (χ1v) is 24.8. The molecule has 0 spiro atoms. The maximum Gasteiger partial charge on any atom is 0.184 e. The summed E-state index contributed by atoms with van der Waals surface area (Å²) in [5.41, 5.74) is 0.663. The smallest absolute Gasteiger partial charge is 0.184 e. The minimum absolute atomic E-state index is 0.311. The quantitative estimate of drug-likeness (QED) is 0.168. The third-order valence-corrected chi connectivity index (χ3v) is 7.52. The van der Waals surface area contributed by atoms with Gasteiger partial charge >= 0.3 is 0 Å². The van der Waals surface area contributed by atoms with Crippen LogP contribution < -0.4 is 0 Å². The van der Waals surface area contributed by atoms with Gasteiger partial charge in [-0.2, -0.15) is 0 Å². The van der Waals surface area contributed by atoms with Gasteiger partial charge in [0.15, 0.2) is 33.3 Å². The molecule has 0 aliphatic rings. The fourth-order valence-corrected chi connectivity index (χ4v) is 6.39. The molecule has 0 unspecified atom stereocenters. The summed E-state index contributed by atoms with van der Waals surface area (Å²) in [4.78, 5) is 10.2. The molecular weight excluding hydrogens is 477 g/mol. The van der Waals surface area contributed by atoms with Crippen molar-refractivity contribution in [2.75, 3.05) is 20.8 Å². The zero-order valence-electron chi connectivity index (χ0n) is 22.9. The molecule has 0 N–H and O–H groups in total. The normalized spacial score (nSPS) is 17.4. The molecule has 0 aromatic rings. The van der Waals surface area contributed by atoms with E-state index in [1.807, 2.05) is 0 Å². The fraction of sp³-hybridized carbons (Fsp3) is 0.900. The number of oxime groups is 2. The van der Waals surface area contributed by atoms with Gasteiger partial charge < -0.3 is 27.4 Å². The van der Waals surface area contributed by atoms with E-state index in [0.29, 0.717) is 12.3 Å². The molecule has 0 aromatic heterocycles. The maximum absolute atomic E-state index is 6.72. The highest BCUT2D eigenvalue weighted by Gasteiger charge is 2.42. The lowest BCUT2D eigenvalue weighted by Crippen LogP contribution is -2.57. The van der Waals surface area contributed by atoms with E-state index in [-0.39, 0.29) is 0 Å². The summed E-state index contributed by atoms with van der Waals surface area (Å²) < 4.78 is 26.2. The molecule has 8 nitrogen and oxygen atoms in total. The van der Waals surface area contributed by atoms with Crippen molar-refractivity contribution in [2.24, 2.45) is 10.3 Å². The summed E-state index contributed by atoms with van der Waals surface area (Å²) in [7, 11) is -4.76. The van der Waals surface area contributed by atoms with Crippen molar-refractivity contribution >= 4 is 45.2 Å². The lowest BCUT2D eigenvalue weighted by molar-refractivity contribution is 0.0176. The van der Waals surface area contributed by atoms with Crippen LogP contribution in [0.5, 0.6) is 0 Å². The second kappa shape index (κ2) is 12.9. The molecule has 0 radical (unpaired) electrons. The molecule has 3 atom stereocenters. The number of rotatable bonds is 15. The van der Waals surface area contributed by atoms with Crippen molar-refractivity contribution in [3.8, 4) is 0 Å². The number of hydrogen-bond acceptors (Lipinski definition) is 8. The topological polar surface area (TPSA) is 80.1 Å².